The Morgan fingerprint density at radius 3 is 2.37 bits per heavy atom. The van der Waals surface area contributed by atoms with Crippen molar-refractivity contribution in [1.29, 1.82) is 0 Å². The van der Waals surface area contributed by atoms with Gasteiger partial charge in [-0.2, -0.15) is 0 Å². The maximum atomic E-state index is 12.1. The minimum absolute atomic E-state index is 0.182. The summed E-state index contributed by atoms with van der Waals surface area (Å²) in [7, 11) is 0. The van der Waals surface area contributed by atoms with Crippen molar-refractivity contribution in [2.45, 2.75) is 38.5 Å². The molecule has 3 fully saturated rings. The second-order valence-electron chi connectivity index (χ2n) is 6.51. The first kappa shape index (κ1) is 12.8. The van der Waals surface area contributed by atoms with Gasteiger partial charge in [0, 0.05) is 13.1 Å². The molecular weight excluding hydrogens is 244 g/mol. The van der Waals surface area contributed by atoms with Crippen LogP contribution in [0, 0.1) is 17.3 Å². The molecule has 3 aliphatic carbocycles. The molecule has 0 unspecified atom stereocenters. The van der Waals surface area contributed by atoms with Crippen LogP contribution in [-0.4, -0.2) is 41.6 Å². The molecule has 0 aliphatic heterocycles. The van der Waals surface area contributed by atoms with Crippen molar-refractivity contribution in [2.24, 2.45) is 17.3 Å². The summed E-state index contributed by atoms with van der Waals surface area (Å²) in [5.41, 5.74) is 0.365. The van der Waals surface area contributed by atoms with E-state index in [0.717, 1.165) is 25.3 Å². The monoisotopic (exact) mass is 266 g/mol. The molecule has 0 atom stereocenters. The smallest absolute Gasteiger partial charge is 0.323 e. The van der Waals surface area contributed by atoms with Crippen molar-refractivity contribution in [3.63, 3.8) is 0 Å². The molecule has 3 rings (SSSR count). The minimum atomic E-state index is -0.931. The summed E-state index contributed by atoms with van der Waals surface area (Å²) < 4.78 is 0. The highest BCUT2D eigenvalue weighted by molar-refractivity contribution is 5.80. The number of carboxylic acids is 1. The molecule has 0 aromatic heterocycles. The summed E-state index contributed by atoms with van der Waals surface area (Å²) in [6.07, 6.45) is 7.29. The average molecular weight is 266 g/mol. The van der Waals surface area contributed by atoms with E-state index in [1.165, 1.54) is 30.6 Å². The summed E-state index contributed by atoms with van der Waals surface area (Å²) in [5, 5.41) is 11.9. The maximum absolute atomic E-state index is 12.1. The Labute approximate surface area is 113 Å². The minimum Gasteiger partial charge on any atom is -0.480 e. The van der Waals surface area contributed by atoms with Gasteiger partial charge in [0.25, 0.3) is 0 Å². The molecule has 0 aromatic carbocycles. The van der Waals surface area contributed by atoms with Gasteiger partial charge in [-0.1, -0.05) is 0 Å². The van der Waals surface area contributed by atoms with Crippen LogP contribution in [-0.2, 0) is 4.79 Å². The number of urea groups is 1. The summed E-state index contributed by atoms with van der Waals surface area (Å²) >= 11 is 0. The van der Waals surface area contributed by atoms with E-state index in [9.17, 15) is 9.59 Å². The fourth-order valence-corrected chi connectivity index (χ4v) is 2.94. The molecule has 5 nitrogen and oxygen atoms in total. The second kappa shape index (κ2) is 4.69. The Balaban J connectivity index is 1.49. The van der Waals surface area contributed by atoms with Crippen LogP contribution in [0.4, 0.5) is 4.79 Å². The number of amides is 2. The number of nitrogens with one attached hydrogen (secondary N) is 1. The van der Waals surface area contributed by atoms with Gasteiger partial charge in [-0.3, -0.25) is 4.79 Å². The normalized spacial score (nSPS) is 23.8. The van der Waals surface area contributed by atoms with Crippen molar-refractivity contribution < 1.29 is 14.7 Å². The van der Waals surface area contributed by atoms with E-state index in [1.54, 1.807) is 0 Å². The summed E-state index contributed by atoms with van der Waals surface area (Å²) in [6.45, 7) is 1.14. The number of hydrogen-bond acceptors (Lipinski definition) is 2. The Hall–Kier alpha value is -1.26. The number of carboxylic acid groups (broad SMARTS) is 1. The lowest BCUT2D eigenvalue weighted by molar-refractivity contribution is -0.137. The number of rotatable bonds is 7. The number of nitrogens with zero attached hydrogens (tertiary/aromatic N) is 1. The molecule has 0 spiro atoms. The maximum Gasteiger partial charge on any atom is 0.323 e. The quantitative estimate of drug-likeness (QED) is 0.736. The second-order valence-corrected chi connectivity index (χ2v) is 6.51. The van der Waals surface area contributed by atoms with Crippen molar-refractivity contribution in [1.82, 2.24) is 10.2 Å². The molecule has 5 heteroatoms. The SMILES string of the molecule is O=C(O)CN(CC1CC1)C(=O)NCC1(C2CC2)CC1. The van der Waals surface area contributed by atoms with E-state index in [4.69, 9.17) is 5.11 Å². The Bertz CT molecular complexity index is 384. The van der Waals surface area contributed by atoms with Gasteiger partial charge in [-0.05, 0) is 55.8 Å². The third kappa shape index (κ3) is 3.19. The van der Waals surface area contributed by atoms with Crippen LogP contribution >= 0.6 is 0 Å². The average Bonchev–Trinajstić information content (AvgIpc) is 3.21. The first-order chi connectivity index (χ1) is 9.09. The zero-order valence-corrected chi connectivity index (χ0v) is 11.2. The Morgan fingerprint density at radius 2 is 1.89 bits per heavy atom. The molecule has 0 bridgehead atoms. The standard InChI is InChI=1S/C14H22N2O3/c17-12(18)8-16(7-10-1-2-10)13(19)15-9-14(5-6-14)11-3-4-11/h10-11H,1-9H2,(H,15,19)(H,17,18). The molecule has 0 heterocycles. The van der Waals surface area contributed by atoms with Crippen molar-refractivity contribution in [2.75, 3.05) is 19.6 Å². The van der Waals surface area contributed by atoms with Gasteiger partial charge in [0.15, 0.2) is 0 Å². The molecule has 106 valence electrons. The Morgan fingerprint density at radius 1 is 1.21 bits per heavy atom. The number of carbonyl (C=O) groups excluding carboxylic acids is 1. The zero-order chi connectivity index (χ0) is 13.5. The first-order valence-corrected chi connectivity index (χ1v) is 7.34. The largest absolute Gasteiger partial charge is 0.480 e. The fraction of sp³-hybridized carbons (Fsp3) is 0.857. The third-order valence-corrected chi connectivity index (χ3v) is 4.72. The molecule has 2 N–H and O–H groups in total. The zero-order valence-electron chi connectivity index (χ0n) is 11.2. The van der Waals surface area contributed by atoms with Gasteiger partial charge >= 0.3 is 12.0 Å². The number of carbonyl (C=O) groups is 2. The van der Waals surface area contributed by atoms with Crippen LogP contribution in [0.3, 0.4) is 0 Å². The molecule has 3 saturated carbocycles. The molecule has 3 aliphatic rings. The van der Waals surface area contributed by atoms with Gasteiger partial charge < -0.3 is 15.3 Å². The highest BCUT2D eigenvalue weighted by Crippen LogP contribution is 2.60. The summed E-state index contributed by atoms with van der Waals surface area (Å²) in [5.74, 6) is 0.395. The van der Waals surface area contributed by atoms with E-state index < -0.39 is 5.97 Å². The van der Waals surface area contributed by atoms with Gasteiger partial charge in [-0.25, -0.2) is 4.79 Å². The molecule has 2 amide bonds. The summed E-state index contributed by atoms with van der Waals surface area (Å²) in [6, 6.07) is -0.193. The molecule has 0 aromatic rings. The van der Waals surface area contributed by atoms with Crippen LogP contribution in [0.5, 0.6) is 0 Å². The third-order valence-electron chi connectivity index (χ3n) is 4.72. The van der Waals surface area contributed by atoms with Crippen LogP contribution in [0.2, 0.25) is 0 Å². The first-order valence-electron chi connectivity index (χ1n) is 7.34. The Kier molecular flexibility index (Phi) is 3.15. The number of aliphatic carboxylic acids is 1. The van der Waals surface area contributed by atoms with E-state index in [1.807, 2.05) is 0 Å². The van der Waals surface area contributed by atoms with E-state index in [0.29, 0.717) is 17.9 Å². The molecule has 19 heavy (non-hydrogen) atoms. The summed E-state index contributed by atoms with van der Waals surface area (Å²) in [4.78, 5) is 24.4. The topological polar surface area (TPSA) is 69.6 Å². The van der Waals surface area contributed by atoms with Gasteiger partial charge in [0.1, 0.15) is 6.54 Å². The molecule has 0 saturated heterocycles. The van der Waals surface area contributed by atoms with Crippen molar-refractivity contribution in [3.05, 3.63) is 0 Å². The predicted octanol–water partition coefficient (Wildman–Crippen LogP) is 1.68. The lowest BCUT2D eigenvalue weighted by atomic mass is 10.0. The van der Waals surface area contributed by atoms with Crippen molar-refractivity contribution in [3.8, 4) is 0 Å². The van der Waals surface area contributed by atoms with Gasteiger partial charge in [-0.15, -0.1) is 0 Å². The van der Waals surface area contributed by atoms with Crippen LogP contribution in [0.25, 0.3) is 0 Å². The van der Waals surface area contributed by atoms with Gasteiger partial charge in [0.2, 0.25) is 0 Å². The molecule has 0 radical (unpaired) electrons. The fourth-order valence-electron chi connectivity index (χ4n) is 2.94. The molecular formula is C14H22N2O3. The highest BCUT2D eigenvalue weighted by Gasteiger charge is 2.53. The van der Waals surface area contributed by atoms with Crippen LogP contribution in [0.1, 0.15) is 38.5 Å². The lowest BCUT2D eigenvalue weighted by Crippen LogP contribution is -2.45. The highest BCUT2D eigenvalue weighted by atomic mass is 16.4. The van der Waals surface area contributed by atoms with Crippen LogP contribution < -0.4 is 5.32 Å². The van der Waals surface area contributed by atoms with Crippen molar-refractivity contribution >= 4 is 12.0 Å². The lowest BCUT2D eigenvalue weighted by Gasteiger charge is -2.23. The van der Waals surface area contributed by atoms with E-state index in [2.05, 4.69) is 5.32 Å². The van der Waals surface area contributed by atoms with Gasteiger partial charge in [0.05, 0.1) is 0 Å². The predicted molar refractivity (Wildman–Crippen MR) is 69.7 cm³/mol. The van der Waals surface area contributed by atoms with Crippen LogP contribution in [0.15, 0.2) is 0 Å². The van der Waals surface area contributed by atoms with E-state index in [-0.39, 0.29) is 12.6 Å². The number of hydrogen-bond donors (Lipinski definition) is 2. The van der Waals surface area contributed by atoms with E-state index >= 15 is 0 Å².